The zero-order valence-corrected chi connectivity index (χ0v) is 15.2. The van der Waals surface area contributed by atoms with E-state index in [1.165, 1.54) is 36.4 Å². The van der Waals surface area contributed by atoms with Gasteiger partial charge in [0.1, 0.15) is 11.6 Å². The summed E-state index contributed by atoms with van der Waals surface area (Å²) in [7, 11) is -3.39. The number of nitro groups is 1. The number of nitrogens with zero attached hydrogens (tertiary/aromatic N) is 1. The fraction of sp³-hybridized carbons (Fsp3) is 0.0526. The van der Waals surface area contributed by atoms with Crippen molar-refractivity contribution in [1.82, 2.24) is 0 Å². The van der Waals surface area contributed by atoms with Crippen LogP contribution in [0.25, 0.3) is 11.1 Å². The van der Waals surface area contributed by atoms with Crippen LogP contribution >= 0.6 is 0 Å². The van der Waals surface area contributed by atoms with Crippen molar-refractivity contribution in [3.63, 3.8) is 0 Å². The van der Waals surface area contributed by atoms with Gasteiger partial charge in [-0.2, -0.15) is 0 Å². The van der Waals surface area contributed by atoms with E-state index in [2.05, 4.69) is 0 Å². The molecule has 28 heavy (non-hydrogen) atoms. The van der Waals surface area contributed by atoms with Gasteiger partial charge in [-0.05, 0) is 35.9 Å². The Hall–Kier alpha value is -3.33. The Morgan fingerprint density at radius 3 is 2.18 bits per heavy atom. The van der Waals surface area contributed by atoms with Crippen LogP contribution in [0.3, 0.4) is 0 Å². The van der Waals surface area contributed by atoms with Crippen molar-refractivity contribution in [3.05, 3.63) is 82.4 Å². The molecule has 0 aliphatic heterocycles. The van der Waals surface area contributed by atoms with Gasteiger partial charge in [0.15, 0.2) is 21.4 Å². The predicted molar refractivity (Wildman–Crippen MR) is 98.1 cm³/mol. The Bertz CT molecular complexity index is 1160. The molecule has 0 fully saturated rings. The minimum absolute atomic E-state index is 0.0354. The molecule has 0 saturated carbocycles. The fourth-order valence-electron chi connectivity index (χ4n) is 2.51. The van der Waals surface area contributed by atoms with Crippen molar-refractivity contribution in [2.24, 2.45) is 0 Å². The molecule has 0 spiro atoms. The lowest BCUT2D eigenvalue weighted by molar-refractivity contribution is -0.384. The number of sulfone groups is 1. The molecule has 0 amide bonds. The Labute approximate surface area is 159 Å². The summed E-state index contributed by atoms with van der Waals surface area (Å²) in [5.41, 5.74) is 0.586. The quantitative estimate of drug-likeness (QED) is 0.452. The number of benzene rings is 3. The molecule has 144 valence electrons. The summed E-state index contributed by atoms with van der Waals surface area (Å²) < 4.78 is 55.7. The molecule has 0 saturated heterocycles. The molecule has 0 aliphatic rings. The lowest BCUT2D eigenvalue weighted by atomic mass is 10.0. The first-order valence-electron chi connectivity index (χ1n) is 7.87. The van der Waals surface area contributed by atoms with Crippen molar-refractivity contribution in [2.75, 3.05) is 6.26 Å². The molecular formula is C19H13F2NO5S. The van der Waals surface area contributed by atoms with Crippen LogP contribution in [-0.2, 0) is 9.84 Å². The Morgan fingerprint density at radius 2 is 1.61 bits per heavy atom. The molecule has 3 rings (SSSR count). The van der Waals surface area contributed by atoms with Gasteiger partial charge >= 0.3 is 0 Å². The molecule has 3 aromatic rings. The van der Waals surface area contributed by atoms with Crippen LogP contribution in [0.5, 0.6) is 11.5 Å². The average Bonchev–Trinajstić information content (AvgIpc) is 2.63. The summed E-state index contributed by atoms with van der Waals surface area (Å²) in [6.07, 6.45) is 1.07. The topological polar surface area (TPSA) is 86.5 Å². The molecule has 0 bridgehead atoms. The van der Waals surface area contributed by atoms with Crippen LogP contribution < -0.4 is 4.74 Å². The number of halogens is 2. The zero-order chi connectivity index (χ0) is 20.5. The van der Waals surface area contributed by atoms with Gasteiger partial charge in [0, 0.05) is 24.0 Å². The third-order valence-corrected chi connectivity index (χ3v) is 5.01. The minimum Gasteiger partial charge on any atom is -0.453 e. The third-order valence-electron chi connectivity index (χ3n) is 3.88. The lowest BCUT2D eigenvalue weighted by Crippen LogP contribution is -1.97. The van der Waals surface area contributed by atoms with Crippen molar-refractivity contribution >= 4 is 15.5 Å². The minimum atomic E-state index is -3.39. The fourth-order valence-corrected chi connectivity index (χ4v) is 3.14. The van der Waals surface area contributed by atoms with Gasteiger partial charge in [-0.25, -0.2) is 17.2 Å². The molecule has 9 heteroatoms. The number of rotatable bonds is 5. The van der Waals surface area contributed by atoms with E-state index >= 15 is 0 Å². The van der Waals surface area contributed by atoms with Crippen LogP contribution in [0.1, 0.15) is 0 Å². The number of nitro benzene ring substituents is 1. The molecule has 0 N–H and O–H groups in total. The first-order valence-corrected chi connectivity index (χ1v) is 9.76. The van der Waals surface area contributed by atoms with Gasteiger partial charge in [-0.15, -0.1) is 0 Å². The molecular weight excluding hydrogens is 392 g/mol. The third kappa shape index (κ3) is 4.15. The second kappa shape index (κ2) is 7.35. The van der Waals surface area contributed by atoms with Crippen molar-refractivity contribution in [2.45, 2.75) is 4.90 Å². The maximum atomic E-state index is 13.9. The summed E-state index contributed by atoms with van der Waals surface area (Å²) in [6, 6.07) is 12.2. The highest BCUT2D eigenvalue weighted by Crippen LogP contribution is 2.37. The molecule has 0 aliphatic carbocycles. The highest BCUT2D eigenvalue weighted by molar-refractivity contribution is 7.90. The van der Waals surface area contributed by atoms with Gasteiger partial charge in [0.25, 0.3) is 5.69 Å². The first-order chi connectivity index (χ1) is 13.1. The smallest absolute Gasteiger partial charge is 0.273 e. The number of ether oxygens (including phenoxy) is 1. The predicted octanol–water partition coefficient (Wildman–Crippen LogP) is 4.74. The van der Waals surface area contributed by atoms with Crippen LogP contribution in [0.15, 0.2) is 65.6 Å². The zero-order valence-electron chi connectivity index (χ0n) is 14.4. The number of hydrogen-bond donors (Lipinski definition) is 0. The van der Waals surface area contributed by atoms with E-state index in [0.717, 1.165) is 24.5 Å². The maximum Gasteiger partial charge on any atom is 0.273 e. The van der Waals surface area contributed by atoms with E-state index in [1.807, 2.05) is 0 Å². The van der Waals surface area contributed by atoms with Gasteiger partial charge in [0.2, 0.25) is 0 Å². The van der Waals surface area contributed by atoms with E-state index in [0.29, 0.717) is 17.2 Å². The van der Waals surface area contributed by atoms with E-state index < -0.39 is 26.4 Å². The Morgan fingerprint density at radius 1 is 0.929 bits per heavy atom. The highest BCUT2D eigenvalue weighted by Gasteiger charge is 2.17. The number of hydrogen-bond acceptors (Lipinski definition) is 5. The van der Waals surface area contributed by atoms with Gasteiger partial charge in [-0.3, -0.25) is 10.1 Å². The second-order valence-electron chi connectivity index (χ2n) is 5.91. The molecule has 6 nitrogen and oxygen atoms in total. The Kier molecular flexibility index (Phi) is 5.10. The maximum absolute atomic E-state index is 13.9. The molecule has 0 aromatic heterocycles. The van der Waals surface area contributed by atoms with E-state index in [4.69, 9.17) is 4.74 Å². The van der Waals surface area contributed by atoms with E-state index in [-0.39, 0.29) is 22.1 Å². The van der Waals surface area contributed by atoms with Crippen molar-refractivity contribution in [3.8, 4) is 22.6 Å². The van der Waals surface area contributed by atoms with Crippen molar-refractivity contribution < 1.29 is 26.9 Å². The molecule has 0 unspecified atom stereocenters. The standard InChI is InChI=1S/C19H13F2NO5S/c1-28(25,26)15-6-2-12(3-7-15)16-8-5-14(22(23)24)11-19(16)27-18-9-4-13(20)10-17(18)21/h2-11H,1H3. The monoisotopic (exact) mass is 405 g/mol. The summed E-state index contributed by atoms with van der Waals surface area (Å²) in [4.78, 5) is 10.5. The lowest BCUT2D eigenvalue weighted by Gasteiger charge is -2.12. The largest absolute Gasteiger partial charge is 0.453 e. The Balaban J connectivity index is 2.09. The van der Waals surface area contributed by atoms with E-state index in [1.54, 1.807) is 0 Å². The molecule has 0 atom stereocenters. The number of non-ortho nitro benzene ring substituents is 1. The molecule has 3 aromatic carbocycles. The molecule has 0 radical (unpaired) electrons. The summed E-state index contributed by atoms with van der Waals surface area (Å²) in [6.45, 7) is 0. The normalized spacial score (nSPS) is 11.2. The van der Waals surface area contributed by atoms with Gasteiger partial charge < -0.3 is 4.74 Å². The van der Waals surface area contributed by atoms with Crippen LogP contribution in [0.4, 0.5) is 14.5 Å². The van der Waals surface area contributed by atoms with Gasteiger partial charge in [0.05, 0.1) is 15.9 Å². The summed E-state index contributed by atoms with van der Waals surface area (Å²) in [5, 5.41) is 11.1. The van der Waals surface area contributed by atoms with Crippen molar-refractivity contribution in [1.29, 1.82) is 0 Å². The highest BCUT2D eigenvalue weighted by atomic mass is 32.2. The van der Waals surface area contributed by atoms with Gasteiger partial charge in [-0.1, -0.05) is 12.1 Å². The SMILES string of the molecule is CS(=O)(=O)c1ccc(-c2ccc([N+](=O)[O-])cc2Oc2ccc(F)cc2F)cc1. The summed E-state index contributed by atoms with van der Waals surface area (Å²) in [5.74, 6) is -2.10. The van der Waals surface area contributed by atoms with Crippen LogP contribution in [0.2, 0.25) is 0 Å². The van der Waals surface area contributed by atoms with E-state index in [9.17, 15) is 27.3 Å². The van der Waals surface area contributed by atoms with Crippen LogP contribution in [0, 0.1) is 21.7 Å². The van der Waals surface area contributed by atoms with Crippen LogP contribution in [-0.4, -0.2) is 19.6 Å². The summed E-state index contributed by atoms with van der Waals surface area (Å²) >= 11 is 0. The average molecular weight is 405 g/mol. The first kappa shape index (κ1) is 19.4. The second-order valence-corrected chi connectivity index (χ2v) is 7.93. The molecule has 0 heterocycles.